The predicted molar refractivity (Wildman–Crippen MR) is 81.3 cm³/mol. The van der Waals surface area contributed by atoms with Crippen LogP contribution in [0, 0.1) is 10.6 Å². The molecule has 1 aromatic heterocycles. The minimum absolute atomic E-state index is 0.243. The maximum absolute atomic E-state index is 13.7. The lowest BCUT2D eigenvalue weighted by Gasteiger charge is -2.14. The van der Waals surface area contributed by atoms with Gasteiger partial charge < -0.3 is 14.3 Å². The summed E-state index contributed by atoms with van der Waals surface area (Å²) in [6, 6.07) is 3.40. The van der Waals surface area contributed by atoms with Crippen molar-refractivity contribution in [1.29, 1.82) is 0 Å². The molecule has 1 unspecified atom stereocenters. The van der Waals surface area contributed by atoms with Crippen molar-refractivity contribution in [2.24, 2.45) is 0 Å². The number of aromatic amines is 1. The molecule has 0 amide bonds. The van der Waals surface area contributed by atoms with Crippen molar-refractivity contribution in [3.05, 3.63) is 22.7 Å². The lowest BCUT2D eigenvalue weighted by atomic mass is 10.2. The number of rotatable bonds is 5. The Labute approximate surface area is 121 Å². The van der Waals surface area contributed by atoms with Crippen molar-refractivity contribution in [1.82, 2.24) is 9.55 Å². The third-order valence-electron chi connectivity index (χ3n) is 3.17. The fourth-order valence-electron chi connectivity index (χ4n) is 2.14. The number of imidazole rings is 1. The summed E-state index contributed by atoms with van der Waals surface area (Å²) in [5, 5.41) is 0. The third kappa shape index (κ3) is 2.79. The van der Waals surface area contributed by atoms with Crippen LogP contribution in [0.25, 0.3) is 11.0 Å². The zero-order valence-corrected chi connectivity index (χ0v) is 12.8. The molecule has 0 spiro atoms. The van der Waals surface area contributed by atoms with E-state index in [4.69, 9.17) is 17.0 Å². The number of nitrogens with one attached hydrogen (secondary N) is 1. The SMILES string of the molecule is COc1cc2c(cc1F)[nH]c(=S)n2C(C)CCSC. The summed E-state index contributed by atoms with van der Waals surface area (Å²) in [5.74, 6) is 0.927. The molecule has 0 radical (unpaired) electrons. The maximum Gasteiger partial charge on any atom is 0.178 e. The van der Waals surface area contributed by atoms with Crippen LogP contribution in [0.4, 0.5) is 4.39 Å². The molecule has 3 nitrogen and oxygen atoms in total. The summed E-state index contributed by atoms with van der Waals surface area (Å²) in [5.41, 5.74) is 1.59. The second kappa shape index (κ2) is 5.96. The molecule has 0 saturated carbocycles. The van der Waals surface area contributed by atoms with Crippen molar-refractivity contribution >= 4 is 35.0 Å². The van der Waals surface area contributed by atoms with Crippen molar-refractivity contribution in [2.45, 2.75) is 19.4 Å². The molecule has 0 aliphatic carbocycles. The maximum atomic E-state index is 13.7. The first-order valence-electron chi connectivity index (χ1n) is 6.05. The van der Waals surface area contributed by atoms with Gasteiger partial charge in [0.15, 0.2) is 16.3 Å². The molecule has 1 N–H and O–H groups in total. The van der Waals surface area contributed by atoms with E-state index in [1.807, 2.05) is 4.57 Å². The number of fused-ring (bicyclic) bond motifs is 1. The number of halogens is 1. The van der Waals surface area contributed by atoms with Crippen LogP contribution in [0.15, 0.2) is 12.1 Å². The van der Waals surface area contributed by atoms with Crippen molar-refractivity contribution in [2.75, 3.05) is 19.1 Å². The molecule has 2 aromatic rings. The molecule has 0 aliphatic heterocycles. The van der Waals surface area contributed by atoms with Crippen LogP contribution in [0.3, 0.4) is 0 Å². The molecule has 1 heterocycles. The molecule has 0 fully saturated rings. The number of thioether (sulfide) groups is 1. The van der Waals surface area contributed by atoms with Crippen molar-refractivity contribution in [3.8, 4) is 5.75 Å². The molecular weight excluding hydrogens is 283 g/mol. The molecule has 2 rings (SSSR count). The largest absolute Gasteiger partial charge is 0.494 e. The predicted octanol–water partition coefficient (Wildman–Crippen LogP) is 4.16. The Morgan fingerprint density at radius 1 is 1.53 bits per heavy atom. The van der Waals surface area contributed by atoms with E-state index < -0.39 is 0 Å². The minimum atomic E-state index is -0.379. The second-order valence-corrected chi connectivity index (χ2v) is 5.81. The van der Waals surface area contributed by atoms with Gasteiger partial charge in [0.25, 0.3) is 0 Å². The van der Waals surface area contributed by atoms with E-state index in [1.165, 1.54) is 13.2 Å². The summed E-state index contributed by atoms with van der Waals surface area (Å²) in [6.07, 6.45) is 3.10. The van der Waals surface area contributed by atoms with Gasteiger partial charge in [-0.3, -0.25) is 0 Å². The van der Waals surface area contributed by atoms with Gasteiger partial charge in [-0.05, 0) is 37.6 Å². The lowest BCUT2D eigenvalue weighted by Crippen LogP contribution is -2.06. The topological polar surface area (TPSA) is 29.9 Å². The van der Waals surface area contributed by atoms with E-state index in [1.54, 1.807) is 17.8 Å². The van der Waals surface area contributed by atoms with Gasteiger partial charge in [-0.2, -0.15) is 11.8 Å². The molecule has 1 aromatic carbocycles. The highest BCUT2D eigenvalue weighted by Gasteiger charge is 2.14. The van der Waals surface area contributed by atoms with Crippen LogP contribution < -0.4 is 4.74 Å². The van der Waals surface area contributed by atoms with Crippen LogP contribution >= 0.6 is 24.0 Å². The van der Waals surface area contributed by atoms with E-state index in [-0.39, 0.29) is 17.6 Å². The summed E-state index contributed by atoms with van der Waals surface area (Å²) in [6.45, 7) is 2.12. The summed E-state index contributed by atoms with van der Waals surface area (Å²) in [7, 11) is 1.47. The van der Waals surface area contributed by atoms with E-state index in [2.05, 4.69) is 18.2 Å². The number of aromatic nitrogens is 2. The standard InChI is InChI=1S/C13H17FN2OS2/c1-8(4-5-19-3)16-11-7-12(17-2)9(14)6-10(11)15-13(16)18/h6-8H,4-5H2,1-3H3,(H,15,18). The highest BCUT2D eigenvalue weighted by atomic mass is 32.2. The Kier molecular flexibility index (Phi) is 4.52. The molecular formula is C13H17FN2OS2. The number of ether oxygens (including phenoxy) is 1. The smallest absolute Gasteiger partial charge is 0.178 e. The third-order valence-corrected chi connectivity index (χ3v) is 4.11. The van der Waals surface area contributed by atoms with Gasteiger partial charge in [0.05, 0.1) is 18.1 Å². The van der Waals surface area contributed by atoms with Gasteiger partial charge in [-0.1, -0.05) is 0 Å². The second-order valence-electron chi connectivity index (χ2n) is 4.43. The van der Waals surface area contributed by atoms with Crippen LogP contribution in [0.1, 0.15) is 19.4 Å². The Morgan fingerprint density at radius 2 is 2.26 bits per heavy atom. The molecule has 6 heteroatoms. The number of H-pyrrole nitrogens is 1. The van der Waals surface area contributed by atoms with E-state index >= 15 is 0 Å². The Bertz CT molecular complexity index is 635. The lowest BCUT2D eigenvalue weighted by molar-refractivity contribution is 0.387. The summed E-state index contributed by atoms with van der Waals surface area (Å²) >= 11 is 7.15. The minimum Gasteiger partial charge on any atom is -0.494 e. The first-order chi connectivity index (χ1) is 9.08. The van der Waals surface area contributed by atoms with Gasteiger partial charge in [-0.15, -0.1) is 0 Å². The average molecular weight is 300 g/mol. The number of hydrogen-bond donors (Lipinski definition) is 1. The number of benzene rings is 1. The zero-order chi connectivity index (χ0) is 14.0. The monoisotopic (exact) mass is 300 g/mol. The van der Waals surface area contributed by atoms with Gasteiger partial charge in [-0.25, -0.2) is 4.39 Å². The van der Waals surface area contributed by atoms with Crippen LogP contribution in [0.5, 0.6) is 5.75 Å². The van der Waals surface area contributed by atoms with Gasteiger partial charge in [0.2, 0.25) is 0 Å². The summed E-state index contributed by atoms with van der Waals surface area (Å²) in [4.78, 5) is 3.05. The summed E-state index contributed by atoms with van der Waals surface area (Å²) < 4.78 is 21.4. The molecule has 0 aliphatic rings. The fraction of sp³-hybridized carbons (Fsp3) is 0.462. The number of nitrogens with zero attached hydrogens (tertiary/aromatic N) is 1. The van der Waals surface area contributed by atoms with Crippen molar-refractivity contribution < 1.29 is 9.13 Å². The fourth-order valence-corrected chi connectivity index (χ4v) is 3.10. The quantitative estimate of drug-likeness (QED) is 0.841. The normalized spacial score (nSPS) is 12.8. The highest BCUT2D eigenvalue weighted by molar-refractivity contribution is 7.98. The van der Waals surface area contributed by atoms with E-state index in [9.17, 15) is 4.39 Å². The molecule has 0 saturated heterocycles. The van der Waals surface area contributed by atoms with Crippen LogP contribution in [-0.4, -0.2) is 28.7 Å². The average Bonchev–Trinajstić information content (AvgIpc) is 2.69. The van der Waals surface area contributed by atoms with Gasteiger partial charge in [0, 0.05) is 18.2 Å². The Balaban J connectivity index is 2.54. The highest BCUT2D eigenvalue weighted by Crippen LogP contribution is 2.27. The molecule has 104 valence electrons. The van der Waals surface area contributed by atoms with Gasteiger partial charge in [0.1, 0.15) is 0 Å². The van der Waals surface area contributed by atoms with Gasteiger partial charge >= 0.3 is 0 Å². The van der Waals surface area contributed by atoms with E-state index in [0.29, 0.717) is 10.3 Å². The molecule has 0 bridgehead atoms. The van der Waals surface area contributed by atoms with Crippen molar-refractivity contribution in [3.63, 3.8) is 0 Å². The van der Waals surface area contributed by atoms with E-state index in [0.717, 1.165) is 17.7 Å². The molecule has 19 heavy (non-hydrogen) atoms. The number of hydrogen-bond acceptors (Lipinski definition) is 3. The Hall–Kier alpha value is -1.01. The first-order valence-corrected chi connectivity index (χ1v) is 7.85. The Morgan fingerprint density at radius 3 is 2.89 bits per heavy atom. The zero-order valence-electron chi connectivity index (χ0n) is 11.2. The first kappa shape index (κ1) is 14.4. The van der Waals surface area contributed by atoms with Crippen LogP contribution in [-0.2, 0) is 0 Å². The number of methoxy groups -OCH3 is 1. The van der Waals surface area contributed by atoms with Crippen LogP contribution in [0.2, 0.25) is 0 Å². The molecule has 1 atom stereocenters.